The summed E-state index contributed by atoms with van der Waals surface area (Å²) in [7, 11) is 0. The van der Waals surface area contributed by atoms with Crippen LogP contribution in [0.3, 0.4) is 0 Å². The third-order valence-corrected chi connectivity index (χ3v) is 7.45. The normalized spacial score (nSPS) is 21.2. The van der Waals surface area contributed by atoms with Crippen LogP contribution in [0.15, 0.2) is 29.1 Å². The molecule has 1 aromatic carbocycles. The van der Waals surface area contributed by atoms with Gasteiger partial charge in [-0.25, -0.2) is 4.98 Å². The first-order valence-corrected chi connectivity index (χ1v) is 12.3. The molecular weight excluding hydrogens is 416 g/mol. The van der Waals surface area contributed by atoms with Gasteiger partial charge in [0, 0.05) is 31.0 Å². The van der Waals surface area contributed by atoms with Gasteiger partial charge in [-0.1, -0.05) is 30.5 Å². The Morgan fingerprint density at radius 2 is 1.85 bits per heavy atom. The first-order valence-electron chi connectivity index (χ1n) is 12.3. The van der Waals surface area contributed by atoms with Crippen LogP contribution in [0.1, 0.15) is 84.0 Å². The van der Waals surface area contributed by atoms with Crippen LogP contribution in [0.25, 0.3) is 0 Å². The second kappa shape index (κ2) is 9.12. The number of carbonyl (C=O) groups is 2. The van der Waals surface area contributed by atoms with Gasteiger partial charge in [0.2, 0.25) is 5.91 Å². The smallest absolute Gasteiger partial charge is 0.256 e. The van der Waals surface area contributed by atoms with Gasteiger partial charge in [-0.15, -0.1) is 0 Å². The lowest BCUT2D eigenvalue weighted by Crippen LogP contribution is -2.43. The summed E-state index contributed by atoms with van der Waals surface area (Å²) in [6, 6.07) is 7.41. The van der Waals surface area contributed by atoms with Crippen molar-refractivity contribution in [3.63, 3.8) is 0 Å². The Bertz CT molecular complexity index is 1120. The highest BCUT2D eigenvalue weighted by Crippen LogP contribution is 2.32. The minimum Gasteiger partial charge on any atom is -0.337 e. The van der Waals surface area contributed by atoms with Gasteiger partial charge in [0.1, 0.15) is 5.82 Å². The molecule has 5 rings (SSSR count). The van der Waals surface area contributed by atoms with E-state index in [1.54, 1.807) is 0 Å². The minimum absolute atomic E-state index is 0.0166. The second-order valence-corrected chi connectivity index (χ2v) is 9.75. The number of H-pyrrole nitrogens is 1. The topological polar surface area (TPSA) is 86.4 Å². The molecule has 1 atom stereocenters. The highest BCUT2D eigenvalue weighted by Gasteiger charge is 2.34. The van der Waals surface area contributed by atoms with Gasteiger partial charge in [0.15, 0.2) is 0 Å². The van der Waals surface area contributed by atoms with E-state index >= 15 is 0 Å². The molecule has 3 heterocycles. The minimum atomic E-state index is -0.233. The Labute approximate surface area is 194 Å². The van der Waals surface area contributed by atoms with Crippen molar-refractivity contribution >= 4 is 11.8 Å². The SMILES string of the molecule is Cc1cccc(C(=O)N2CCCCC2c2nc3c(c(=O)[nH]2)CN(C(=O)C2CCCC2)CC3)c1. The zero-order valence-corrected chi connectivity index (χ0v) is 19.3. The van der Waals surface area contributed by atoms with Crippen molar-refractivity contribution in [1.29, 1.82) is 0 Å². The van der Waals surface area contributed by atoms with Crippen molar-refractivity contribution in [2.75, 3.05) is 13.1 Å². The maximum atomic E-state index is 13.3. The Kier molecular flexibility index (Phi) is 6.04. The van der Waals surface area contributed by atoms with Crippen molar-refractivity contribution in [2.24, 2.45) is 5.92 Å². The van der Waals surface area contributed by atoms with E-state index in [1.807, 2.05) is 41.0 Å². The standard InChI is InChI=1S/C26H32N4O3/c1-17-7-6-10-19(15-17)26(33)30-13-5-4-11-22(30)23-27-21-12-14-29(16-20(21)24(31)28-23)25(32)18-8-2-3-9-18/h6-7,10,15,18,22H,2-5,8-9,11-14,16H2,1H3,(H,27,28,31). The number of hydrogen-bond donors (Lipinski definition) is 1. The number of aromatic nitrogens is 2. The Morgan fingerprint density at radius 3 is 2.64 bits per heavy atom. The molecule has 0 radical (unpaired) electrons. The van der Waals surface area contributed by atoms with E-state index in [1.165, 1.54) is 0 Å². The summed E-state index contributed by atoms with van der Waals surface area (Å²) >= 11 is 0. The summed E-state index contributed by atoms with van der Waals surface area (Å²) in [5, 5.41) is 0. The van der Waals surface area contributed by atoms with Gasteiger partial charge in [-0.05, 0) is 51.2 Å². The van der Waals surface area contributed by atoms with Crippen LogP contribution in [0.2, 0.25) is 0 Å². The molecule has 33 heavy (non-hydrogen) atoms. The molecule has 3 aliphatic rings. The highest BCUT2D eigenvalue weighted by atomic mass is 16.2. The van der Waals surface area contributed by atoms with E-state index in [2.05, 4.69) is 4.98 Å². The number of nitrogens with zero attached hydrogens (tertiary/aromatic N) is 3. The number of likely N-dealkylation sites (tertiary alicyclic amines) is 1. The number of nitrogens with one attached hydrogen (secondary N) is 1. The molecule has 0 bridgehead atoms. The molecule has 1 aliphatic carbocycles. The summed E-state index contributed by atoms with van der Waals surface area (Å²) in [6.07, 6.45) is 7.46. The monoisotopic (exact) mass is 448 g/mol. The molecule has 7 heteroatoms. The molecule has 2 amide bonds. The number of piperidine rings is 1. The third-order valence-electron chi connectivity index (χ3n) is 7.45. The van der Waals surface area contributed by atoms with Gasteiger partial charge in [0.05, 0.1) is 23.8 Å². The summed E-state index contributed by atoms with van der Waals surface area (Å²) in [6.45, 7) is 3.58. The van der Waals surface area contributed by atoms with Crippen LogP contribution in [0.4, 0.5) is 0 Å². The molecule has 1 saturated carbocycles. The molecule has 174 valence electrons. The molecule has 2 aliphatic heterocycles. The number of hydrogen-bond acceptors (Lipinski definition) is 4. The zero-order valence-electron chi connectivity index (χ0n) is 19.3. The van der Waals surface area contributed by atoms with Crippen molar-refractivity contribution in [3.8, 4) is 0 Å². The summed E-state index contributed by atoms with van der Waals surface area (Å²) in [5.74, 6) is 0.859. The van der Waals surface area contributed by atoms with Crippen LogP contribution < -0.4 is 5.56 Å². The first-order chi connectivity index (χ1) is 16.0. The van der Waals surface area contributed by atoms with Gasteiger partial charge in [0.25, 0.3) is 11.5 Å². The highest BCUT2D eigenvalue weighted by molar-refractivity contribution is 5.94. The predicted octanol–water partition coefficient (Wildman–Crippen LogP) is 3.52. The van der Waals surface area contributed by atoms with Crippen LogP contribution in [0.5, 0.6) is 0 Å². The molecule has 1 unspecified atom stereocenters. The number of rotatable bonds is 3. The fourth-order valence-corrected chi connectivity index (χ4v) is 5.62. The van der Waals surface area contributed by atoms with E-state index in [-0.39, 0.29) is 29.3 Å². The quantitative estimate of drug-likeness (QED) is 0.778. The molecular formula is C26H32N4O3. The van der Waals surface area contributed by atoms with Crippen LogP contribution in [-0.2, 0) is 17.8 Å². The van der Waals surface area contributed by atoms with E-state index in [9.17, 15) is 14.4 Å². The Morgan fingerprint density at radius 1 is 1.06 bits per heavy atom. The zero-order chi connectivity index (χ0) is 22.9. The predicted molar refractivity (Wildman–Crippen MR) is 125 cm³/mol. The van der Waals surface area contributed by atoms with Crippen LogP contribution >= 0.6 is 0 Å². The molecule has 1 N–H and O–H groups in total. The van der Waals surface area contributed by atoms with E-state index in [4.69, 9.17) is 4.98 Å². The first kappa shape index (κ1) is 21.9. The van der Waals surface area contributed by atoms with Gasteiger partial charge in [-0.2, -0.15) is 0 Å². The van der Waals surface area contributed by atoms with Crippen LogP contribution in [-0.4, -0.2) is 44.7 Å². The van der Waals surface area contributed by atoms with Gasteiger partial charge in [-0.3, -0.25) is 14.4 Å². The molecule has 7 nitrogen and oxygen atoms in total. The van der Waals surface area contributed by atoms with E-state index < -0.39 is 0 Å². The molecule has 1 aromatic heterocycles. The average molecular weight is 449 g/mol. The number of aromatic amines is 1. The number of aryl methyl sites for hydroxylation is 1. The number of fused-ring (bicyclic) bond motifs is 1. The van der Waals surface area contributed by atoms with Crippen molar-refractivity contribution in [2.45, 2.75) is 70.9 Å². The Balaban J connectivity index is 1.39. The fourth-order valence-electron chi connectivity index (χ4n) is 5.62. The van der Waals surface area contributed by atoms with Crippen molar-refractivity contribution in [3.05, 3.63) is 62.8 Å². The maximum absolute atomic E-state index is 13.3. The van der Waals surface area contributed by atoms with Gasteiger partial charge < -0.3 is 14.8 Å². The Hall–Kier alpha value is -2.96. The molecule has 2 fully saturated rings. The molecule has 0 spiro atoms. The van der Waals surface area contributed by atoms with Crippen molar-refractivity contribution in [1.82, 2.24) is 19.8 Å². The summed E-state index contributed by atoms with van der Waals surface area (Å²) < 4.78 is 0. The summed E-state index contributed by atoms with van der Waals surface area (Å²) in [5.41, 5.74) is 2.92. The summed E-state index contributed by atoms with van der Waals surface area (Å²) in [4.78, 5) is 50.8. The number of carbonyl (C=O) groups excluding carboxylic acids is 2. The molecule has 2 aromatic rings. The number of amides is 2. The van der Waals surface area contributed by atoms with Crippen LogP contribution in [0, 0.1) is 12.8 Å². The third kappa shape index (κ3) is 4.33. The fraction of sp³-hybridized carbons (Fsp3) is 0.538. The van der Waals surface area contributed by atoms with E-state index in [0.29, 0.717) is 43.0 Å². The maximum Gasteiger partial charge on any atom is 0.256 e. The van der Waals surface area contributed by atoms with Gasteiger partial charge >= 0.3 is 0 Å². The lowest BCUT2D eigenvalue weighted by atomic mass is 9.98. The van der Waals surface area contributed by atoms with E-state index in [0.717, 1.165) is 56.2 Å². The lowest BCUT2D eigenvalue weighted by Gasteiger charge is -2.36. The molecule has 1 saturated heterocycles. The largest absolute Gasteiger partial charge is 0.337 e. The second-order valence-electron chi connectivity index (χ2n) is 9.75. The lowest BCUT2D eigenvalue weighted by molar-refractivity contribution is -0.136. The average Bonchev–Trinajstić information content (AvgIpc) is 3.38. The number of benzene rings is 1. The van der Waals surface area contributed by atoms with Crippen molar-refractivity contribution < 1.29 is 9.59 Å².